The SMILES string of the molecule is CC#C[C@]1(O)CC[C@@]2(C)[C@@H]3CCC4=CC(=O)CC[C@]4(C)[C@H]3[C@H](c3ccc(N(C)C)cc3)C[C@@]21C. The molecule has 0 aromatic heterocycles. The van der Waals surface area contributed by atoms with Crippen LogP contribution in [0.1, 0.15) is 84.1 Å². The molecule has 1 aromatic rings. The molecule has 1 N–H and O–H groups in total. The number of carbonyl (C=O) groups excluding carboxylic acids is 1. The van der Waals surface area contributed by atoms with Gasteiger partial charge in [0.25, 0.3) is 0 Å². The predicted octanol–water partition coefficient (Wildman–Crippen LogP) is 6.12. The van der Waals surface area contributed by atoms with Gasteiger partial charge in [-0.05, 0) is 97.8 Å². The molecule has 0 radical (unpaired) electrons. The molecule has 3 nitrogen and oxygen atoms in total. The van der Waals surface area contributed by atoms with Crippen molar-refractivity contribution in [3.63, 3.8) is 0 Å². The second kappa shape index (κ2) is 7.72. The number of hydrogen-bond acceptors (Lipinski definition) is 3. The maximum absolute atomic E-state index is 12.4. The normalized spacial score (nSPS) is 43.1. The van der Waals surface area contributed by atoms with Crippen molar-refractivity contribution in [2.24, 2.45) is 28.1 Å². The summed E-state index contributed by atoms with van der Waals surface area (Å²) in [6, 6.07) is 9.11. The first-order valence-electron chi connectivity index (χ1n) is 13.2. The maximum Gasteiger partial charge on any atom is 0.155 e. The molecule has 0 aliphatic heterocycles. The van der Waals surface area contributed by atoms with Gasteiger partial charge in [0.05, 0.1) is 0 Å². The highest BCUT2D eigenvalue weighted by atomic mass is 16.3. The van der Waals surface area contributed by atoms with E-state index >= 15 is 0 Å². The lowest BCUT2D eigenvalue weighted by molar-refractivity contribution is -0.159. The van der Waals surface area contributed by atoms with Crippen LogP contribution in [-0.4, -0.2) is 30.6 Å². The summed E-state index contributed by atoms with van der Waals surface area (Å²) in [6.45, 7) is 9.09. The Labute approximate surface area is 206 Å². The molecule has 0 heterocycles. The van der Waals surface area contributed by atoms with Crippen molar-refractivity contribution in [2.75, 3.05) is 19.0 Å². The Bertz CT molecular complexity index is 1090. The monoisotopic (exact) mass is 459 g/mol. The van der Waals surface area contributed by atoms with Gasteiger partial charge in [0.1, 0.15) is 5.60 Å². The molecule has 3 saturated carbocycles. The smallest absolute Gasteiger partial charge is 0.155 e. The molecule has 3 heteroatoms. The van der Waals surface area contributed by atoms with Crippen LogP contribution in [0.25, 0.3) is 0 Å². The molecule has 1 aromatic carbocycles. The molecule has 0 unspecified atom stereocenters. The van der Waals surface area contributed by atoms with Crippen molar-refractivity contribution in [3.05, 3.63) is 41.5 Å². The number of aliphatic hydroxyl groups is 1. The number of benzene rings is 1. The van der Waals surface area contributed by atoms with Crippen molar-refractivity contribution in [2.45, 2.75) is 84.2 Å². The largest absolute Gasteiger partial charge is 0.378 e. The van der Waals surface area contributed by atoms with Crippen molar-refractivity contribution < 1.29 is 9.90 Å². The molecule has 0 bridgehead atoms. The number of rotatable bonds is 2. The molecule has 5 rings (SSSR count). The van der Waals surface area contributed by atoms with E-state index in [2.05, 4.69) is 75.9 Å². The first-order valence-corrected chi connectivity index (χ1v) is 13.2. The van der Waals surface area contributed by atoms with E-state index < -0.39 is 5.60 Å². The second-order valence-electron chi connectivity index (χ2n) is 12.5. The van der Waals surface area contributed by atoms with Crippen LogP contribution in [0.3, 0.4) is 0 Å². The minimum absolute atomic E-state index is 0.0341. The topological polar surface area (TPSA) is 40.5 Å². The van der Waals surface area contributed by atoms with E-state index in [0.717, 1.165) is 38.5 Å². The van der Waals surface area contributed by atoms with E-state index in [4.69, 9.17) is 0 Å². The van der Waals surface area contributed by atoms with Gasteiger partial charge in [0, 0.05) is 31.6 Å². The molecule has 0 saturated heterocycles. The minimum atomic E-state index is -0.942. The zero-order chi connectivity index (χ0) is 24.5. The third-order valence-electron chi connectivity index (χ3n) is 11.1. The van der Waals surface area contributed by atoms with Gasteiger partial charge in [0.15, 0.2) is 5.78 Å². The van der Waals surface area contributed by atoms with E-state index in [-0.39, 0.29) is 16.2 Å². The molecular formula is C31H41NO2. The summed E-state index contributed by atoms with van der Waals surface area (Å²) in [6.07, 6.45) is 8.45. The van der Waals surface area contributed by atoms with E-state index in [0.29, 0.717) is 30.0 Å². The van der Waals surface area contributed by atoms with Gasteiger partial charge in [-0.1, -0.05) is 44.4 Å². The molecule has 4 aliphatic carbocycles. The lowest BCUT2D eigenvalue weighted by Crippen LogP contribution is -2.61. The molecule has 182 valence electrons. The van der Waals surface area contributed by atoms with Crippen LogP contribution in [0.2, 0.25) is 0 Å². The fourth-order valence-corrected chi connectivity index (χ4v) is 8.87. The third kappa shape index (κ3) is 3.03. The average molecular weight is 460 g/mol. The highest BCUT2D eigenvalue weighted by Gasteiger charge is 2.71. The van der Waals surface area contributed by atoms with Crippen LogP contribution in [0.15, 0.2) is 35.9 Å². The summed E-state index contributed by atoms with van der Waals surface area (Å²) in [4.78, 5) is 14.5. The molecule has 34 heavy (non-hydrogen) atoms. The first kappa shape index (κ1) is 23.7. The van der Waals surface area contributed by atoms with Crippen molar-refractivity contribution in [3.8, 4) is 11.8 Å². The van der Waals surface area contributed by atoms with E-state index in [1.165, 1.54) is 16.8 Å². The zero-order valence-electron chi connectivity index (χ0n) is 21.9. The van der Waals surface area contributed by atoms with E-state index in [9.17, 15) is 9.90 Å². The molecule has 0 spiro atoms. The summed E-state index contributed by atoms with van der Waals surface area (Å²) in [5.74, 6) is 7.99. The number of nitrogens with zero attached hydrogens (tertiary/aromatic N) is 1. The molecule has 4 aliphatic rings. The first-order chi connectivity index (χ1) is 16.0. The Balaban J connectivity index is 1.68. The summed E-state index contributed by atoms with van der Waals surface area (Å²) in [5.41, 5.74) is 2.84. The second-order valence-corrected chi connectivity index (χ2v) is 12.5. The van der Waals surface area contributed by atoms with Gasteiger partial charge in [-0.3, -0.25) is 4.79 Å². The number of anilines is 1. The standard InChI is InChI=1S/C31H41NO2/c1-7-15-31(34)18-17-29(3)26-13-10-22-19-24(33)14-16-28(22,2)27(26)25(20-30(29,31)4)21-8-11-23(12-9-21)32(5)6/h8-9,11-12,19,25-27,34H,10,13-14,16-18,20H2,1-6H3/t25-,26+,27-,28-,29-,30-,31-/m0/s1. The molecule has 7 atom stereocenters. The predicted molar refractivity (Wildman–Crippen MR) is 139 cm³/mol. The quantitative estimate of drug-likeness (QED) is 0.542. The van der Waals surface area contributed by atoms with Gasteiger partial charge in [0.2, 0.25) is 0 Å². The number of fused-ring (bicyclic) bond motifs is 5. The van der Waals surface area contributed by atoms with Gasteiger partial charge >= 0.3 is 0 Å². The summed E-state index contributed by atoms with van der Waals surface area (Å²) in [5, 5.41) is 12.0. The Morgan fingerprint density at radius 2 is 1.74 bits per heavy atom. The van der Waals surface area contributed by atoms with Gasteiger partial charge in [-0.15, -0.1) is 5.92 Å². The Hall–Kier alpha value is -2.05. The average Bonchev–Trinajstić information content (AvgIpc) is 3.00. The number of ketones is 1. The Morgan fingerprint density at radius 1 is 1.03 bits per heavy atom. The van der Waals surface area contributed by atoms with Crippen molar-refractivity contribution in [1.82, 2.24) is 0 Å². The summed E-state index contributed by atoms with van der Waals surface area (Å²) in [7, 11) is 4.16. The minimum Gasteiger partial charge on any atom is -0.378 e. The maximum atomic E-state index is 12.4. The third-order valence-corrected chi connectivity index (χ3v) is 11.1. The lowest BCUT2D eigenvalue weighted by Gasteiger charge is -2.65. The van der Waals surface area contributed by atoms with Gasteiger partial charge < -0.3 is 10.0 Å². The van der Waals surface area contributed by atoms with Crippen molar-refractivity contribution >= 4 is 11.5 Å². The Kier molecular flexibility index (Phi) is 5.38. The molecule has 0 amide bonds. The Morgan fingerprint density at radius 3 is 2.38 bits per heavy atom. The van der Waals surface area contributed by atoms with Gasteiger partial charge in [-0.25, -0.2) is 0 Å². The molecule has 3 fully saturated rings. The van der Waals surface area contributed by atoms with E-state index in [1.807, 2.05) is 13.0 Å². The fourth-order valence-electron chi connectivity index (χ4n) is 8.87. The highest BCUT2D eigenvalue weighted by molar-refractivity contribution is 5.91. The van der Waals surface area contributed by atoms with Crippen molar-refractivity contribution in [1.29, 1.82) is 0 Å². The zero-order valence-corrected chi connectivity index (χ0v) is 21.9. The fraction of sp³-hybridized carbons (Fsp3) is 0.645. The molecular weight excluding hydrogens is 418 g/mol. The van der Waals surface area contributed by atoms with Crippen LogP contribution in [0, 0.1) is 39.9 Å². The van der Waals surface area contributed by atoms with E-state index in [1.54, 1.807) is 0 Å². The van der Waals surface area contributed by atoms with Crippen LogP contribution < -0.4 is 4.90 Å². The lowest BCUT2D eigenvalue weighted by atomic mass is 9.38. The summed E-state index contributed by atoms with van der Waals surface area (Å²) >= 11 is 0. The number of hydrogen-bond donors (Lipinski definition) is 1. The van der Waals surface area contributed by atoms with Gasteiger partial charge in [-0.2, -0.15) is 0 Å². The summed E-state index contributed by atoms with van der Waals surface area (Å²) < 4.78 is 0. The number of allylic oxidation sites excluding steroid dienone is 1. The van der Waals surface area contributed by atoms with Crippen LogP contribution in [0.5, 0.6) is 0 Å². The van der Waals surface area contributed by atoms with Crippen LogP contribution >= 0.6 is 0 Å². The van der Waals surface area contributed by atoms with Crippen LogP contribution in [0.4, 0.5) is 5.69 Å². The highest BCUT2D eigenvalue weighted by Crippen LogP contribution is 2.75. The number of carbonyl (C=O) groups is 1. The van der Waals surface area contributed by atoms with Crippen LogP contribution in [-0.2, 0) is 4.79 Å².